The smallest absolute Gasteiger partial charge is 0.387 e. The molecule has 7 heteroatoms. The number of nitrogens with zero attached hydrogens (tertiary/aromatic N) is 1. The van der Waals surface area contributed by atoms with Crippen molar-refractivity contribution >= 4 is 11.3 Å². The summed E-state index contributed by atoms with van der Waals surface area (Å²) in [5.74, 6) is 0.132. The summed E-state index contributed by atoms with van der Waals surface area (Å²) in [6.07, 6.45) is -0.0435. The van der Waals surface area contributed by atoms with Crippen LogP contribution in [-0.2, 0) is 4.74 Å². The molecule has 1 N–H and O–H groups in total. The van der Waals surface area contributed by atoms with E-state index in [1.807, 2.05) is 11.4 Å². The summed E-state index contributed by atoms with van der Waals surface area (Å²) < 4.78 is 34.5. The van der Waals surface area contributed by atoms with Gasteiger partial charge in [0.05, 0.1) is 12.3 Å². The Morgan fingerprint density at radius 1 is 1.43 bits per heavy atom. The fourth-order valence-corrected chi connectivity index (χ4v) is 3.00. The molecule has 1 aromatic heterocycles. The molecule has 0 saturated carbocycles. The zero-order valence-electron chi connectivity index (χ0n) is 11.1. The van der Waals surface area contributed by atoms with Crippen LogP contribution >= 0.6 is 11.3 Å². The molecule has 4 nitrogen and oxygen atoms in total. The van der Waals surface area contributed by atoms with E-state index in [0.29, 0.717) is 6.61 Å². The molecular weight excluding hydrogens is 298 g/mol. The van der Waals surface area contributed by atoms with Crippen molar-refractivity contribution in [1.82, 2.24) is 10.3 Å². The number of alkyl halides is 2. The monoisotopic (exact) mass is 312 g/mol. The molecule has 1 aliphatic heterocycles. The van der Waals surface area contributed by atoms with E-state index >= 15 is 0 Å². The first-order chi connectivity index (χ1) is 10.2. The minimum atomic E-state index is -2.83. The Bertz CT molecular complexity index is 600. The maximum Gasteiger partial charge on any atom is 0.387 e. The molecule has 21 heavy (non-hydrogen) atoms. The summed E-state index contributed by atoms with van der Waals surface area (Å²) >= 11 is 1.51. The Kier molecular flexibility index (Phi) is 4.42. The zero-order valence-corrected chi connectivity index (χ0v) is 11.9. The van der Waals surface area contributed by atoms with Crippen molar-refractivity contribution in [3.63, 3.8) is 0 Å². The molecule has 2 heterocycles. The largest absolute Gasteiger partial charge is 0.435 e. The number of rotatable bonds is 4. The van der Waals surface area contributed by atoms with Crippen molar-refractivity contribution in [2.45, 2.75) is 12.7 Å². The second-order valence-electron chi connectivity index (χ2n) is 4.54. The molecule has 1 unspecified atom stereocenters. The minimum Gasteiger partial charge on any atom is -0.435 e. The predicted octanol–water partition coefficient (Wildman–Crippen LogP) is 3.07. The van der Waals surface area contributed by atoms with Gasteiger partial charge in [-0.2, -0.15) is 8.78 Å². The summed E-state index contributed by atoms with van der Waals surface area (Å²) in [5, 5.41) is 6.04. The third-order valence-corrected chi connectivity index (χ3v) is 4.02. The van der Waals surface area contributed by atoms with Crippen molar-refractivity contribution in [3.8, 4) is 17.0 Å². The van der Waals surface area contributed by atoms with Crippen molar-refractivity contribution in [2.24, 2.45) is 0 Å². The van der Waals surface area contributed by atoms with E-state index in [2.05, 4.69) is 15.0 Å². The Morgan fingerprint density at radius 3 is 3.10 bits per heavy atom. The maximum absolute atomic E-state index is 12.2. The average molecular weight is 312 g/mol. The molecule has 0 spiro atoms. The van der Waals surface area contributed by atoms with E-state index in [1.54, 1.807) is 12.1 Å². The van der Waals surface area contributed by atoms with Crippen LogP contribution < -0.4 is 10.1 Å². The minimum absolute atomic E-state index is 0.0435. The number of benzene rings is 1. The molecule has 1 aliphatic rings. The van der Waals surface area contributed by atoms with E-state index in [0.717, 1.165) is 29.4 Å². The van der Waals surface area contributed by atoms with Crippen LogP contribution in [0.5, 0.6) is 5.75 Å². The van der Waals surface area contributed by atoms with E-state index < -0.39 is 6.61 Å². The summed E-state index contributed by atoms with van der Waals surface area (Å²) in [5.41, 5.74) is 1.49. The molecule has 1 atom stereocenters. The van der Waals surface area contributed by atoms with E-state index in [1.165, 1.54) is 17.4 Å². The summed E-state index contributed by atoms with van der Waals surface area (Å²) in [6.45, 7) is -0.575. The fraction of sp³-hybridized carbons (Fsp3) is 0.357. The summed E-state index contributed by atoms with van der Waals surface area (Å²) in [7, 11) is 0. The van der Waals surface area contributed by atoms with Gasteiger partial charge in [-0.05, 0) is 12.1 Å². The van der Waals surface area contributed by atoms with Gasteiger partial charge in [0.25, 0.3) is 0 Å². The standard InChI is InChI=1S/C14H14F2N2O2S/c15-14(16)20-10-3-1-2-9(6-10)11-8-21-13(18-11)12-7-17-4-5-19-12/h1-3,6,8,12,14,17H,4-5,7H2. The zero-order chi connectivity index (χ0) is 14.7. The van der Waals surface area contributed by atoms with Crippen LogP contribution in [0.15, 0.2) is 29.6 Å². The van der Waals surface area contributed by atoms with Gasteiger partial charge >= 0.3 is 6.61 Å². The Balaban J connectivity index is 1.79. The molecule has 1 fully saturated rings. The topological polar surface area (TPSA) is 43.4 Å². The van der Waals surface area contributed by atoms with Gasteiger partial charge in [-0.3, -0.25) is 0 Å². The van der Waals surface area contributed by atoms with Gasteiger partial charge in [0, 0.05) is 24.0 Å². The lowest BCUT2D eigenvalue weighted by Gasteiger charge is -2.21. The number of halogens is 2. The lowest BCUT2D eigenvalue weighted by atomic mass is 10.1. The predicted molar refractivity (Wildman–Crippen MR) is 75.7 cm³/mol. The summed E-state index contributed by atoms with van der Waals surface area (Å²) in [6, 6.07) is 6.55. The Hall–Kier alpha value is -1.57. The molecule has 3 rings (SSSR count). The number of morpholine rings is 1. The van der Waals surface area contributed by atoms with Gasteiger partial charge < -0.3 is 14.8 Å². The quantitative estimate of drug-likeness (QED) is 0.942. The van der Waals surface area contributed by atoms with Gasteiger partial charge in [0.1, 0.15) is 16.9 Å². The second-order valence-corrected chi connectivity index (χ2v) is 5.43. The molecule has 0 aliphatic carbocycles. The second kappa shape index (κ2) is 6.46. The normalized spacial score (nSPS) is 18.9. The number of thiazole rings is 1. The fourth-order valence-electron chi connectivity index (χ4n) is 2.12. The molecule has 1 saturated heterocycles. The van der Waals surface area contributed by atoms with Gasteiger partial charge in [0.2, 0.25) is 0 Å². The lowest BCUT2D eigenvalue weighted by molar-refractivity contribution is -0.0498. The van der Waals surface area contributed by atoms with Crippen molar-refractivity contribution in [2.75, 3.05) is 19.7 Å². The highest BCUT2D eigenvalue weighted by molar-refractivity contribution is 7.10. The van der Waals surface area contributed by atoms with Gasteiger partial charge in [0.15, 0.2) is 0 Å². The van der Waals surface area contributed by atoms with Gasteiger partial charge in [-0.1, -0.05) is 12.1 Å². The maximum atomic E-state index is 12.2. The van der Waals surface area contributed by atoms with Gasteiger partial charge in [-0.15, -0.1) is 11.3 Å². The highest BCUT2D eigenvalue weighted by Gasteiger charge is 2.19. The van der Waals surface area contributed by atoms with Crippen LogP contribution in [0.25, 0.3) is 11.3 Å². The van der Waals surface area contributed by atoms with E-state index in [4.69, 9.17) is 4.74 Å². The number of hydrogen-bond acceptors (Lipinski definition) is 5. The van der Waals surface area contributed by atoms with Gasteiger partial charge in [-0.25, -0.2) is 4.98 Å². The van der Waals surface area contributed by atoms with Crippen LogP contribution in [0.4, 0.5) is 8.78 Å². The average Bonchev–Trinajstić information content (AvgIpc) is 2.98. The van der Waals surface area contributed by atoms with Crippen LogP contribution in [0.2, 0.25) is 0 Å². The third kappa shape index (κ3) is 3.55. The van der Waals surface area contributed by atoms with Crippen molar-refractivity contribution in [3.05, 3.63) is 34.7 Å². The first-order valence-electron chi connectivity index (χ1n) is 6.55. The lowest BCUT2D eigenvalue weighted by Crippen LogP contribution is -2.33. The third-order valence-electron chi connectivity index (χ3n) is 3.08. The van der Waals surface area contributed by atoms with Crippen molar-refractivity contribution in [1.29, 1.82) is 0 Å². The van der Waals surface area contributed by atoms with E-state index in [9.17, 15) is 8.78 Å². The Labute approximate surface area is 124 Å². The van der Waals surface area contributed by atoms with Crippen LogP contribution in [0.1, 0.15) is 11.1 Å². The highest BCUT2D eigenvalue weighted by atomic mass is 32.1. The van der Waals surface area contributed by atoms with Crippen LogP contribution in [0, 0.1) is 0 Å². The number of aromatic nitrogens is 1. The molecule has 0 radical (unpaired) electrons. The Morgan fingerprint density at radius 2 is 2.33 bits per heavy atom. The van der Waals surface area contributed by atoms with Crippen molar-refractivity contribution < 1.29 is 18.3 Å². The first-order valence-corrected chi connectivity index (χ1v) is 7.43. The number of nitrogens with one attached hydrogen (secondary N) is 1. The number of hydrogen-bond donors (Lipinski definition) is 1. The van der Waals surface area contributed by atoms with Crippen LogP contribution in [0.3, 0.4) is 0 Å². The van der Waals surface area contributed by atoms with E-state index in [-0.39, 0.29) is 11.9 Å². The van der Waals surface area contributed by atoms with Crippen LogP contribution in [-0.4, -0.2) is 31.3 Å². The molecule has 0 bridgehead atoms. The molecule has 1 aromatic carbocycles. The number of ether oxygens (including phenoxy) is 2. The molecule has 112 valence electrons. The first kappa shape index (κ1) is 14.4. The molecular formula is C14H14F2N2O2S. The SMILES string of the molecule is FC(F)Oc1cccc(-c2csc(C3CNCCO3)n2)c1. The molecule has 2 aromatic rings. The summed E-state index contributed by atoms with van der Waals surface area (Å²) in [4.78, 5) is 4.53. The highest BCUT2D eigenvalue weighted by Crippen LogP contribution is 2.29. The molecule has 0 amide bonds.